The summed E-state index contributed by atoms with van der Waals surface area (Å²) in [6.45, 7) is -0.920. The Bertz CT molecular complexity index is 1400. The first-order chi connectivity index (χ1) is 15.7. The second-order valence-corrected chi connectivity index (χ2v) is 7.26. The fourth-order valence-electron chi connectivity index (χ4n) is 3.21. The molecule has 1 N–H and O–H groups in total. The Morgan fingerprint density at radius 1 is 1.18 bits per heavy atom. The van der Waals surface area contributed by atoms with Gasteiger partial charge in [0.2, 0.25) is 11.7 Å². The summed E-state index contributed by atoms with van der Waals surface area (Å²) in [5.41, 5.74) is -0.660. The van der Waals surface area contributed by atoms with E-state index < -0.39 is 30.0 Å². The van der Waals surface area contributed by atoms with Gasteiger partial charge in [-0.05, 0) is 30.3 Å². The summed E-state index contributed by atoms with van der Waals surface area (Å²) in [6.07, 6.45) is -3.88. The third-order valence-electron chi connectivity index (χ3n) is 4.68. The highest BCUT2D eigenvalue weighted by Crippen LogP contribution is 2.29. The SMILES string of the molecule is COc1ccc(NC(=O)Cn2c(C(F)(F)F)nc3c(cnn3-c3ccccc3)c2=O)cc1Cl. The molecule has 33 heavy (non-hydrogen) atoms. The lowest BCUT2D eigenvalue weighted by atomic mass is 10.3. The maximum atomic E-state index is 13.8. The van der Waals surface area contributed by atoms with Gasteiger partial charge in [0.05, 0.1) is 24.0 Å². The standard InChI is InChI=1S/C21H15ClF3N5O3/c1-33-16-8-7-12(9-15(16)22)27-17(31)11-29-19(32)14-10-26-30(13-5-3-2-4-6-13)18(14)28-20(29)21(23,24)25/h2-10H,11H2,1H3,(H,27,31). The van der Waals surface area contributed by atoms with E-state index in [1.54, 1.807) is 30.3 Å². The molecule has 0 atom stereocenters. The lowest BCUT2D eigenvalue weighted by Crippen LogP contribution is -2.34. The first-order valence-electron chi connectivity index (χ1n) is 9.43. The van der Waals surface area contributed by atoms with E-state index in [1.165, 1.54) is 25.3 Å². The maximum absolute atomic E-state index is 13.8. The number of alkyl halides is 3. The molecule has 0 spiro atoms. The van der Waals surface area contributed by atoms with Gasteiger partial charge in [-0.1, -0.05) is 29.8 Å². The largest absolute Gasteiger partial charge is 0.495 e. The van der Waals surface area contributed by atoms with Crippen molar-refractivity contribution < 1.29 is 22.7 Å². The Kier molecular flexibility index (Phi) is 5.81. The number of benzene rings is 2. The van der Waals surface area contributed by atoms with Crippen LogP contribution in [0.3, 0.4) is 0 Å². The Morgan fingerprint density at radius 3 is 2.55 bits per heavy atom. The monoisotopic (exact) mass is 477 g/mol. The molecule has 0 bridgehead atoms. The molecule has 0 aliphatic rings. The van der Waals surface area contributed by atoms with E-state index in [9.17, 15) is 22.8 Å². The molecule has 2 heterocycles. The van der Waals surface area contributed by atoms with E-state index >= 15 is 0 Å². The Labute approximate surface area is 189 Å². The minimum atomic E-state index is -5.00. The number of aromatic nitrogens is 4. The van der Waals surface area contributed by atoms with Gasteiger partial charge in [0.25, 0.3) is 5.56 Å². The van der Waals surface area contributed by atoms with Crippen molar-refractivity contribution in [2.45, 2.75) is 12.7 Å². The van der Waals surface area contributed by atoms with Crippen LogP contribution in [0.5, 0.6) is 5.75 Å². The number of fused-ring (bicyclic) bond motifs is 1. The van der Waals surface area contributed by atoms with Crippen molar-refractivity contribution in [3.8, 4) is 11.4 Å². The highest BCUT2D eigenvalue weighted by Gasteiger charge is 2.38. The molecule has 4 aromatic rings. The molecule has 170 valence electrons. The number of amides is 1. The number of halogens is 4. The summed E-state index contributed by atoms with van der Waals surface area (Å²) in [7, 11) is 1.41. The average molecular weight is 478 g/mol. The van der Waals surface area contributed by atoms with Crippen molar-refractivity contribution in [1.29, 1.82) is 0 Å². The van der Waals surface area contributed by atoms with Crippen LogP contribution in [0, 0.1) is 0 Å². The first kappa shape index (κ1) is 22.3. The van der Waals surface area contributed by atoms with Gasteiger partial charge in [-0.3, -0.25) is 14.2 Å². The van der Waals surface area contributed by atoms with Gasteiger partial charge >= 0.3 is 6.18 Å². The molecule has 4 rings (SSSR count). The number of carbonyl (C=O) groups is 1. The highest BCUT2D eigenvalue weighted by atomic mass is 35.5. The van der Waals surface area contributed by atoms with Crippen LogP contribution in [-0.4, -0.2) is 32.3 Å². The van der Waals surface area contributed by atoms with E-state index in [0.29, 0.717) is 11.4 Å². The molecule has 12 heteroatoms. The number of carbonyl (C=O) groups excluding carboxylic acids is 1. The van der Waals surface area contributed by atoms with Crippen molar-refractivity contribution in [3.63, 3.8) is 0 Å². The van der Waals surface area contributed by atoms with E-state index in [-0.39, 0.29) is 26.3 Å². The molecule has 2 aromatic carbocycles. The van der Waals surface area contributed by atoms with Gasteiger partial charge < -0.3 is 10.1 Å². The molecule has 0 fully saturated rings. The number of nitrogens with one attached hydrogen (secondary N) is 1. The summed E-state index contributed by atoms with van der Waals surface area (Å²) in [4.78, 5) is 29.1. The Morgan fingerprint density at radius 2 is 1.91 bits per heavy atom. The minimum absolute atomic E-state index is 0.160. The number of rotatable bonds is 5. The van der Waals surface area contributed by atoms with Crippen LogP contribution >= 0.6 is 11.6 Å². The minimum Gasteiger partial charge on any atom is -0.495 e. The molecule has 8 nitrogen and oxygen atoms in total. The van der Waals surface area contributed by atoms with E-state index in [0.717, 1.165) is 10.9 Å². The fraction of sp³-hybridized carbons (Fsp3) is 0.143. The summed E-state index contributed by atoms with van der Waals surface area (Å²) in [6, 6.07) is 12.6. The van der Waals surface area contributed by atoms with Gasteiger partial charge in [0.1, 0.15) is 17.7 Å². The van der Waals surface area contributed by atoms with E-state index in [4.69, 9.17) is 16.3 Å². The molecule has 0 aliphatic heterocycles. The zero-order valence-electron chi connectivity index (χ0n) is 16.9. The lowest BCUT2D eigenvalue weighted by Gasteiger charge is -2.15. The third-order valence-corrected chi connectivity index (χ3v) is 4.97. The van der Waals surface area contributed by atoms with Crippen LogP contribution in [0.4, 0.5) is 18.9 Å². The zero-order chi connectivity index (χ0) is 23.8. The van der Waals surface area contributed by atoms with Crippen LogP contribution in [0.1, 0.15) is 5.82 Å². The molecule has 0 saturated carbocycles. The van der Waals surface area contributed by atoms with Gasteiger partial charge in [-0.25, -0.2) is 9.67 Å². The van der Waals surface area contributed by atoms with Gasteiger partial charge in [-0.2, -0.15) is 18.3 Å². The number of nitrogens with zero attached hydrogens (tertiary/aromatic N) is 4. The summed E-state index contributed by atoms with van der Waals surface area (Å²) < 4.78 is 47.8. The van der Waals surface area contributed by atoms with Crippen LogP contribution < -0.4 is 15.6 Å². The van der Waals surface area contributed by atoms with Crippen LogP contribution in [0.15, 0.2) is 59.5 Å². The summed E-state index contributed by atoms with van der Waals surface area (Å²) in [5, 5.41) is 6.46. The topological polar surface area (TPSA) is 91.0 Å². The summed E-state index contributed by atoms with van der Waals surface area (Å²) in [5.74, 6) is -2.03. The van der Waals surface area contributed by atoms with Crippen LogP contribution in [0.2, 0.25) is 5.02 Å². The van der Waals surface area contributed by atoms with Crippen molar-refractivity contribution in [3.05, 3.63) is 75.9 Å². The number of hydrogen-bond donors (Lipinski definition) is 1. The highest BCUT2D eigenvalue weighted by molar-refractivity contribution is 6.32. The number of anilines is 1. The van der Waals surface area contributed by atoms with E-state index in [2.05, 4.69) is 15.4 Å². The molecule has 1 amide bonds. The average Bonchev–Trinajstić information content (AvgIpc) is 3.20. The maximum Gasteiger partial charge on any atom is 0.449 e. The van der Waals surface area contributed by atoms with Crippen molar-refractivity contribution in [1.82, 2.24) is 19.3 Å². The number of hydrogen-bond acceptors (Lipinski definition) is 5. The number of ether oxygens (including phenoxy) is 1. The predicted octanol–water partition coefficient (Wildman–Crippen LogP) is 3.90. The summed E-state index contributed by atoms with van der Waals surface area (Å²) >= 11 is 6.00. The molecule has 0 unspecified atom stereocenters. The van der Waals surface area contributed by atoms with Crippen molar-refractivity contribution >= 4 is 34.2 Å². The molecular weight excluding hydrogens is 463 g/mol. The smallest absolute Gasteiger partial charge is 0.449 e. The van der Waals surface area contributed by atoms with Crippen molar-refractivity contribution in [2.75, 3.05) is 12.4 Å². The number of para-hydroxylation sites is 1. The predicted molar refractivity (Wildman–Crippen MR) is 115 cm³/mol. The third kappa shape index (κ3) is 4.40. The lowest BCUT2D eigenvalue weighted by molar-refractivity contribution is -0.148. The van der Waals surface area contributed by atoms with Gasteiger partial charge in [0, 0.05) is 5.69 Å². The normalized spacial score (nSPS) is 11.5. The Balaban J connectivity index is 1.74. The fourth-order valence-corrected chi connectivity index (χ4v) is 3.47. The van der Waals surface area contributed by atoms with Crippen molar-refractivity contribution in [2.24, 2.45) is 0 Å². The van der Waals surface area contributed by atoms with E-state index in [1.807, 2.05) is 0 Å². The molecular formula is C21H15ClF3N5O3. The second-order valence-electron chi connectivity index (χ2n) is 6.85. The zero-order valence-corrected chi connectivity index (χ0v) is 17.7. The van der Waals surface area contributed by atoms with Gasteiger partial charge in [0.15, 0.2) is 5.65 Å². The molecule has 0 aliphatic carbocycles. The molecule has 2 aromatic heterocycles. The second kappa shape index (κ2) is 8.58. The van der Waals surface area contributed by atoms with Crippen LogP contribution in [-0.2, 0) is 17.5 Å². The Hall–Kier alpha value is -3.86. The first-order valence-corrected chi connectivity index (χ1v) is 9.81. The molecule has 0 radical (unpaired) electrons. The van der Waals surface area contributed by atoms with Crippen LogP contribution in [0.25, 0.3) is 16.7 Å². The molecule has 0 saturated heterocycles. The van der Waals surface area contributed by atoms with Gasteiger partial charge in [-0.15, -0.1) is 0 Å². The quantitative estimate of drug-likeness (QED) is 0.471. The number of methoxy groups -OCH3 is 1.